The molecule has 1 N–H and O–H groups in total. The van der Waals surface area contributed by atoms with E-state index in [1.807, 2.05) is 13.8 Å². The predicted octanol–water partition coefficient (Wildman–Crippen LogP) is 3.56. The highest BCUT2D eigenvalue weighted by Gasteiger charge is 2.15. The van der Waals surface area contributed by atoms with Gasteiger partial charge >= 0.3 is 0 Å². The van der Waals surface area contributed by atoms with E-state index >= 15 is 0 Å². The van der Waals surface area contributed by atoms with Crippen LogP contribution < -0.4 is 5.32 Å². The molecular formula is C15H18FN3. The van der Waals surface area contributed by atoms with Gasteiger partial charge in [0.15, 0.2) is 17.5 Å². The van der Waals surface area contributed by atoms with E-state index in [4.69, 9.17) is 0 Å². The molecule has 0 aliphatic carbocycles. The molecule has 2 aromatic rings. The molecule has 100 valence electrons. The van der Waals surface area contributed by atoms with Crippen molar-refractivity contribution in [3.8, 4) is 11.4 Å². The van der Waals surface area contributed by atoms with Crippen molar-refractivity contribution in [2.45, 2.75) is 27.7 Å². The van der Waals surface area contributed by atoms with Crippen molar-refractivity contribution in [2.24, 2.45) is 0 Å². The topological polar surface area (TPSA) is 37.8 Å². The molecule has 19 heavy (non-hydrogen) atoms. The molecule has 1 aromatic carbocycles. The Hall–Kier alpha value is -1.97. The number of halogens is 1. The van der Waals surface area contributed by atoms with Crippen LogP contribution in [0.25, 0.3) is 11.4 Å². The predicted molar refractivity (Wildman–Crippen MR) is 75.9 cm³/mol. The van der Waals surface area contributed by atoms with E-state index in [9.17, 15) is 4.39 Å². The molecule has 0 saturated carbocycles. The number of rotatable bonds is 2. The van der Waals surface area contributed by atoms with Crippen molar-refractivity contribution in [3.05, 3.63) is 40.3 Å². The molecule has 0 radical (unpaired) electrons. The van der Waals surface area contributed by atoms with Gasteiger partial charge in [0.1, 0.15) is 0 Å². The molecular weight excluding hydrogens is 241 g/mol. The van der Waals surface area contributed by atoms with Gasteiger partial charge in [0.2, 0.25) is 0 Å². The number of aryl methyl sites for hydroxylation is 4. The number of hydrogen-bond acceptors (Lipinski definition) is 3. The molecule has 2 rings (SSSR count). The average molecular weight is 259 g/mol. The van der Waals surface area contributed by atoms with E-state index in [1.165, 1.54) is 5.56 Å². The van der Waals surface area contributed by atoms with Gasteiger partial charge in [-0.25, -0.2) is 14.4 Å². The maximum Gasteiger partial charge on any atom is 0.186 e. The van der Waals surface area contributed by atoms with Crippen molar-refractivity contribution >= 4 is 5.82 Å². The number of benzene rings is 1. The van der Waals surface area contributed by atoms with E-state index in [0.717, 1.165) is 16.7 Å². The van der Waals surface area contributed by atoms with Crippen LogP contribution in [0, 0.1) is 33.5 Å². The highest BCUT2D eigenvalue weighted by molar-refractivity contribution is 5.66. The lowest BCUT2D eigenvalue weighted by atomic mass is 9.99. The maximum absolute atomic E-state index is 13.8. The van der Waals surface area contributed by atoms with E-state index in [1.54, 1.807) is 14.0 Å². The Morgan fingerprint density at radius 3 is 2.11 bits per heavy atom. The summed E-state index contributed by atoms with van der Waals surface area (Å²) in [6.45, 7) is 7.76. The lowest BCUT2D eigenvalue weighted by Crippen LogP contribution is -2.05. The first-order chi connectivity index (χ1) is 8.93. The van der Waals surface area contributed by atoms with Crippen LogP contribution in [0.4, 0.5) is 10.2 Å². The van der Waals surface area contributed by atoms with Crippen LogP contribution in [-0.2, 0) is 0 Å². The molecule has 0 atom stereocenters. The van der Waals surface area contributed by atoms with Crippen molar-refractivity contribution in [1.29, 1.82) is 0 Å². The SMILES string of the molecule is CNc1nc(-c2c(C)cc(C)cc2C)nc(C)c1F. The molecule has 0 unspecified atom stereocenters. The smallest absolute Gasteiger partial charge is 0.186 e. The standard InChI is InChI=1S/C15H18FN3/c1-8-6-9(2)12(10(3)7-8)14-18-11(4)13(16)15(17-5)19-14/h6-7H,1-5H3,(H,17,18,19). The fourth-order valence-corrected chi connectivity index (χ4v) is 2.37. The lowest BCUT2D eigenvalue weighted by molar-refractivity contribution is 0.607. The van der Waals surface area contributed by atoms with E-state index in [-0.39, 0.29) is 5.82 Å². The van der Waals surface area contributed by atoms with Gasteiger partial charge in [0.05, 0.1) is 5.69 Å². The normalized spacial score (nSPS) is 10.6. The second kappa shape index (κ2) is 4.96. The Labute approximate surface area is 112 Å². The monoisotopic (exact) mass is 259 g/mol. The first-order valence-electron chi connectivity index (χ1n) is 6.24. The summed E-state index contributed by atoms with van der Waals surface area (Å²) in [5, 5.41) is 2.77. The average Bonchev–Trinajstić information content (AvgIpc) is 2.32. The zero-order valence-electron chi connectivity index (χ0n) is 11.9. The molecule has 0 saturated heterocycles. The molecule has 0 spiro atoms. The summed E-state index contributed by atoms with van der Waals surface area (Å²) in [6.07, 6.45) is 0. The molecule has 4 heteroatoms. The van der Waals surface area contributed by atoms with E-state index in [2.05, 4.69) is 34.3 Å². The molecule has 1 heterocycles. The third kappa shape index (κ3) is 2.43. The van der Waals surface area contributed by atoms with Gasteiger partial charge in [-0.1, -0.05) is 17.7 Å². The summed E-state index contributed by atoms with van der Waals surface area (Å²) >= 11 is 0. The largest absolute Gasteiger partial charge is 0.371 e. The van der Waals surface area contributed by atoms with Crippen molar-refractivity contribution in [1.82, 2.24) is 9.97 Å². The quantitative estimate of drug-likeness (QED) is 0.896. The number of nitrogens with zero attached hydrogens (tertiary/aromatic N) is 2. The van der Waals surface area contributed by atoms with Crippen molar-refractivity contribution in [2.75, 3.05) is 12.4 Å². The minimum Gasteiger partial charge on any atom is -0.371 e. The Morgan fingerprint density at radius 1 is 1.00 bits per heavy atom. The molecule has 0 aliphatic heterocycles. The first-order valence-corrected chi connectivity index (χ1v) is 6.24. The second-order valence-corrected chi connectivity index (χ2v) is 4.82. The minimum absolute atomic E-state index is 0.238. The zero-order valence-corrected chi connectivity index (χ0v) is 11.9. The summed E-state index contributed by atoms with van der Waals surface area (Å²) < 4.78 is 13.8. The van der Waals surface area contributed by atoms with Gasteiger partial charge in [-0.2, -0.15) is 0 Å². The van der Waals surface area contributed by atoms with Crippen LogP contribution in [0.2, 0.25) is 0 Å². The van der Waals surface area contributed by atoms with Crippen LogP contribution in [0.5, 0.6) is 0 Å². The maximum atomic E-state index is 13.8. The Morgan fingerprint density at radius 2 is 1.58 bits per heavy atom. The van der Waals surface area contributed by atoms with Crippen molar-refractivity contribution < 1.29 is 4.39 Å². The second-order valence-electron chi connectivity index (χ2n) is 4.82. The summed E-state index contributed by atoms with van der Waals surface area (Å²) in [5.41, 5.74) is 4.74. The summed E-state index contributed by atoms with van der Waals surface area (Å²) in [6, 6.07) is 4.17. The fraction of sp³-hybridized carbons (Fsp3) is 0.333. The molecule has 0 aliphatic rings. The fourth-order valence-electron chi connectivity index (χ4n) is 2.37. The molecule has 0 amide bonds. The van der Waals surface area contributed by atoms with Crippen LogP contribution >= 0.6 is 0 Å². The van der Waals surface area contributed by atoms with E-state index in [0.29, 0.717) is 11.5 Å². The summed E-state index contributed by atoms with van der Waals surface area (Å²) in [5.74, 6) is 0.411. The molecule has 3 nitrogen and oxygen atoms in total. The molecule has 0 fully saturated rings. The van der Waals surface area contributed by atoms with Gasteiger partial charge in [0, 0.05) is 12.6 Å². The van der Waals surface area contributed by atoms with Crippen LogP contribution in [0.3, 0.4) is 0 Å². The van der Waals surface area contributed by atoms with Gasteiger partial charge in [0.25, 0.3) is 0 Å². The Bertz CT molecular complexity index is 613. The summed E-state index contributed by atoms with van der Waals surface area (Å²) in [4.78, 5) is 8.55. The zero-order chi connectivity index (χ0) is 14.2. The van der Waals surface area contributed by atoms with Crippen molar-refractivity contribution in [3.63, 3.8) is 0 Å². The lowest BCUT2D eigenvalue weighted by Gasteiger charge is -2.12. The van der Waals surface area contributed by atoms with Gasteiger partial charge < -0.3 is 5.32 Å². The molecule has 1 aromatic heterocycles. The first kappa shape index (κ1) is 13.5. The van der Waals surface area contributed by atoms with Gasteiger partial charge in [-0.05, 0) is 38.8 Å². The number of hydrogen-bond donors (Lipinski definition) is 1. The van der Waals surface area contributed by atoms with Crippen LogP contribution in [0.1, 0.15) is 22.4 Å². The minimum atomic E-state index is -0.395. The van der Waals surface area contributed by atoms with Gasteiger partial charge in [-0.3, -0.25) is 0 Å². The van der Waals surface area contributed by atoms with Crippen LogP contribution in [0.15, 0.2) is 12.1 Å². The third-order valence-corrected chi connectivity index (χ3v) is 3.15. The van der Waals surface area contributed by atoms with E-state index < -0.39 is 5.82 Å². The molecule has 0 bridgehead atoms. The highest BCUT2D eigenvalue weighted by Crippen LogP contribution is 2.27. The summed E-state index contributed by atoms with van der Waals surface area (Å²) in [7, 11) is 1.66. The number of aromatic nitrogens is 2. The third-order valence-electron chi connectivity index (χ3n) is 3.15. The number of anilines is 1. The highest BCUT2D eigenvalue weighted by atomic mass is 19.1. The van der Waals surface area contributed by atoms with Crippen LogP contribution in [-0.4, -0.2) is 17.0 Å². The Kier molecular flexibility index (Phi) is 3.51. The Balaban J connectivity index is 2.69. The van der Waals surface area contributed by atoms with Gasteiger partial charge in [-0.15, -0.1) is 0 Å². The number of nitrogens with one attached hydrogen (secondary N) is 1.